The second kappa shape index (κ2) is 5.61. The van der Waals surface area contributed by atoms with Crippen LogP contribution >= 0.6 is 11.6 Å². The van der Waals surface area contributed by atoms with Gasteiger partial charge in [-0.05, 0) is 24.1 Å². The Morgan fingerprint density at radius 3 is 2.58 bits per heavy atom. The first-order chi connectivity index (χ1) is 9.06. The molecule has 0 unspecified atom stereocenters. The Kier molecular flexibility index (Phi) is 4.10. The minimum absolute atomic E-state index is 0.387. The van der Waals surface area contributed by atoms with E-state index in [-0.39, 0.29) is 0 Å². The zero-order valence-corrected chi connectivity index (χ0v) is 11.8. The average Bonchev–Trinajstić information content (AvgIpc) is 2.39. The van der Waals surface area contributed by atoms with Crippen LogP contribution in [0.2, 0.25) is 5.02 Å². The van der Waals surface area contributed by atoms with Crippen molar-refractivity contribution in [3.8, 4) is 0 Å². The van der Waals surface area contributed by atoms with Crippen molar-refractivity contribution in [2.45, 2.75) is 33.2 Å². The molecule has 0 spiro atoms. The highest BCUT2D eigenvalue weighted by molar-refractivity contribution is 6.31. The van der Waals surface area contributed by atoms with E-state index in [4.69, 9.17) is 11.6 Å². The van der Waals surface area contributed by atoms with Gasteiger partial charge in [-0.3, -0.25) is 9.59 Å². The number of H-pyrrole nitrogens is 1. The van der Waals surface area contributed by atoms with E-state index in [2.05, 4.69) is 18.8 Å². The van der Waals surface area contributed by atoms with Gasteiger partial charge in [0.15, 0.2) is 0 Å². The molecule has 2 rings (SSSR count). The second-order valence-corrected chi connectivity index (χ2v) is 5.15. The summed E-state index contributed by atoms with van der Waals surface area (Å²) in [7, 11) is 0. The number of halogens is 1. The van der Waals surface area contributed by atoms with Crippen LogP contribution in [0.25, 0.3) is 11.0 Å². The smallest absolute Gasteiger partial charge is 0.316 e. The van der Waals surface area contributed by atoms with Gasteiger partial charge in [-0.1, -0.05) is 38.3 Å². The van der Waals surface area contributed by atoms with Gasteiger partial charge in [0.2, 0.25) is 0 Å². The molecule has 0 atom stereocenters. The average molecular weight is 281 g/mol. The molecule has 1 N–H and O–H groups in total. The minimum atomic E-state index is -0.597. The van der Waals surface area contributed by atoms with E-state index in [1.165, 1.54) is 0 Å². The highest BCUT2D eigenvalue weighted by Gasteiger charge is 2.12. The zero-order chi connectivity index (χ0) is 14.0. The largest absolute Gasteiger partial charge is 0.316 e. The number of nitrogens with one attached hydrogen (secondary N) is 1. The summed E-state index contributed by atoms with van der Waals surface area (Å²) in [5.41, 5.74) is 0.228. The van der Waals surface area contributed by atoms with Crippen molar-refractivity contribution in [2.24, 2.45) is 5.92 Å². The summed E-state index contributed by atoms with van der Waals surface area (Å²) in [6.07, 6.45) is 1.95. The Bertz CT molecular complexity index is 699. The summed E-state index contributed by atoms with van der Waals surface area (Å²) in [5, 5.41) is 0.538. The van der Waals surface area contributed by atoms with Crippen molar-refractivity contribution in [3.63, 3.8) is 0 Å². The molecule has 0 saturated carbocycles. The maximum atomic E-state index is 12.0. The van der Waals surface area contributed by atoms with E-state index in [1.807, 2.05) is 0 Å². The van der Waals surface area contributed by atoms with Crippen molar-refractivity contribution in [1.29, 1.82) is 0 Å². The Labute approximate surface area is 116 Å². The molecule has 0 aliphatic rings. The molecule has 5 heteroatoms. The molecule has 0 aliphatic heterocycles. The van der Waals surface area contributed by atoms with Crippen LogP contribution in [0.5, 0.6) is 0 Å². The molecule has 0 fully saturated rings. The molecule has 0 bridgehead atoms. The van der Waals surface area contributed by atoms with E-state index < -0.39 is 11.1 Å². The Hall–Kier alpha value is -1.55. The van der Waals surface area contributed by atoms with Crippen LogP contribution in [0.3, 0.4) is 0 Å². The normalized spacial score (nSPS) is 11.4. The van der Waals surface area contributed by atoms with Crippen LogP contribution in [0.1, 0.15) is 26.7 Å². The number of aromatic nitrogens is 2. The number of nitrogens with zero attached hydrogens (tertiary/aromatic N) is 1. The fourth-order valence-corrected chi connectivity index (χ4v) is 2.41. The van der Waals surface area contributed by atoms with Crippen molar-refractivity contribution in [3.05, 3.63) is 43.9 Å². The predicted molar refractivity (Wildman–Crippen MR) is 77.9 cm³/mol. The Morgan fingerprint density at radius 1 is 1.26 bits per heavy atom. The number of rotatable bonds is 4. The molecule has 0 amide bonds. The summed E-state index contributed by atoms with van der Waals surface area (Å²) in [4.78, 5) is 26.3. The minimum Gasteiger partial charge on any atom is -0.316 e. The van der Waals surface area contributed by atoms with Gasteiger partial charge in [0.25, 0.3) is 0 Å². The van der Waals surface area contributed by atoms with Gasteiger partial charge in [-0.25, -0.2) is 0 Å². The molecular weight excluding hydrogens is 264 g/mol. The number of aromatic amines is 1. The van der Waals surface area contributed by atoms with Crippen LogP contribution in [-0.4, -0.2) is 9.55 Å². The summed E-state index contributed by atoms with van der Waals surface area (Å²) in [5.74, 6) is 0.387. The van der Waals surface area contributed by atoms with E-state index in [0.29, 0.717) is 23.0 Å². The van der Waals surface area contributed by atoms with Gasteiger partial charge in [0, 0.05) is 11.6 Å². The van der Waals surface area contributed by atoms with Crippen molar-refractivity contribution >= 4 is 22.6 Å². The number of benzene rings is 1. The molecule has 1 heterocycles. The summed E-state index contributed by atoms with van der Waals surface area (Å²) in [6.45, 7) is 4.74. The number of hydrogen-bond acceptors (Lipinski definition) is 2. The molecule has 2 aromatic rings. The van der Waals surface area contributed by atoms with Gasteiger partial charge in [-0.2, -0.15) is 0 Å². The van der Waals surface area contributed by atoms with Crippen molar-refractivity contribution < 1.29 is 0 Å². The standard InChI is InChI=1S/C14H17ClN2O2/c1-3-9(4-2)8-17-12-6-5-10(15)7-11(12)16-13(18)14(17)19/h5-7,9H,3-4,8H2,1-2H3,(H,16,18). The van der Waals surface area contributed by atoms with Gasteiger partial charge >= 0.3 is 11.1 Å². The molecule has 4 nitrogen and oxygen atoms in total. The third-order valence-electron chi connectivity index (χ3n) is 3.53. The number of hydrogen-bond donors (Lipinski definition) is 1. The monoisotopic (exact) mass is 280 g/mol. The maximum absolute atomic E-state index is 12.0. The molecule has 0 saturated heterocycles. The lowest BCUT2D eigenvalue weighted by molar-refractivity contribution is 0.417. The van der Waals surface area contributed by atoms with Gasteiger partial charge in [-0.15, -0.1) is 0 Å². The maximum Gasteiger partial charge on any atom is 0.316 e. The Morgan fingerprint density at radius 2 is 1.95 bits per heavy atom. The lowest BCUT2D eigenvalue weighted by atomic mass is 10.0. The first kappa shape index (κ1) is 13.9. The lowest BCUT2D eigenvalue weighted by Crippen LogP contribution is -2.37. The summed E-state index contributed by atoms with van der Waals surface area (Å²) in [6, 6.07) is 5.17. The van der Waals surface area contributed by atoms with Crippen LogP contribution in [0.15, 0.2) is 27.8 Å². The van der Waals surface area contributed by atoms with E-state index in [1.54, 1.807) is 22.8 Å². The second-order valence-electron chi connectivity index (χ2n) is 4.71. The molecule has 0 aliphatic carbocycles. The lowest BCUT2D eigenvalue weighted by Gasteiger charge is -2.16. The SMILES string of the molecule is CCC(CC)Cn1c(=O)c(=O)[nH]c2cc(Cl)ccc21. The van der Waals surface area contributed by atoms with Crippen molar-refractivity contribution in [2.75, 3.05) is 0 Å². The van der Waals surface area contributed by atoms with E-state index in [9.17, 15) is 9.59 Å². The fraction of sp³-hybridized carbons (Fsp3) is 0.429. The van der Waals surface area contributed by atoms with Gasteiger partial charge in [0.05, 0.1) is 11.0 Å². The molecule has 19 heavy (non-hydrogen) atoms. The quantitative estimate of drug-likeness (QED) is 0.876. The van der Waals surface area contributed by atoms with E-state index in [0.717, 1.165) is 18.4 Å². The summed E-state index contributed by atoms with van der Waals surface area (Å²) >= 11 is 5.91. The van der Waals surface area contributed by atoms with Crippen LogP contribution in [-0.2, 0) is 6.54 Å². The summed E-state index contributed by atoms with van der Waals surface area (Å²) < 4.78 is 1.56. The molecule has 102 valence electrons. The zero-order valence-electron chi connectivity index (χ0n) is 11.1. The fourth-order valence-electron chi connectivity index (χ4n) is 2.24. The number of fused-ring (bicyclic) bond motifs is 1. The first-order valence-electron chi connectivity index (χ1n) is 6.49. The van der Waals surface area contributed by atoms with Crippen LogP contribution < -0.4 is 11.1 Å². The third-order valence-corrected chi connectivity index (χ3v) is 3.77. The topological polar surface area (TPSA) is 54.9 Å². The van der Waals surface area contributed by atoms with E-state index >= 15 is 0 Å². The Balaban J connectivity index is 2.67. The molecule has 1 aromatic heterocycles. The molecule has 1 aromatic carbocycles. The highest BCUT2D eigenvalue weighted by Crippen LogP contribution is 2.17. The molecule has 0 radical (unpaired) electrons. The predicted octanol–water partition coefficient (Wildman–Crippen LogP) is 2.78. The van der Waals surface area contributed by atoms with Gasteiger partial charge < -0.3 is 9.55 Å². The highest BCUT2D eigenvalue weighted by atomic mass is 35.5. The third kappa shape index (κ3) is 2.73. The molecular formula is C14H17ClN2O2. The van der Waals surface area contributed by atoms with Crippen LogP contribution in [0, 0.1) is 5.92 Å². The first-order valence-corrected chi connectivity index (χ1v) is 6.87. The van der Waals surface area contributed by atoms with Gasteiger partial charge in [0.1, 0.15) is 0 Å². The van der Waals surface area contributed by atoms with Crippen LogP contribution in [0.4, 0.5) is 0 Å². The van der Waals surface area contributed by atoms with Crippen molar-refractivity contribution in [1.82, 2.24) is 9.55 Å².